The van der Waals surface area contributed by atoms with E-state index in [-0.39, 0.29) is 10.8 Å². The van der Waals surface area contributed by atoms with Crippen LogP contribution in [-0.2, 0) is 0 Å². The van der Waals surface area contributed by atoms with Gasteiger partial charge in [0.15, 0.2) is 0 Å². The van der Waals surface area contributed by atoms with Crippen molar-refractivity contribution in [2.24, 2.45) is 4.99 Å². The topological polar surface area (TPSA) is 87.4 Å². The Labute approximate surface area is 204 Å². The fourth-order valence-corrected chi connectivity index (χ4v) is 6.54. The zero-order valence-electron chi connectivity index (χ0n) is 19.0. The maximum Gasteiger partial charge on any atom is 0.335 e. The second-order valence-electron chi connectivity index (χ2n) is 8.42. The fourth-order valence-electron chi connectivity index (χ4n) is 4.26. The lowest BCUT2D eigenvalue weighted by Gasteiger charge is -2.16. The maximum absolute atomic E-state index is 13.0. The van der Waals surface area contributed by atoms with Gasteiger partial charge >= 0.3 is 5.69 Å². The van der Waals surface area contributed by atoms with Gasteiger partial charge in [0.2, 0.25) is 5.88 Å². The first kappa shape index (κ1) is 22.4. The first-order valence-corrected chi connectivity index (χ1v) is 12.6. The monoisotopic (exact) mass is 489 g/mol. The van der Waals surface area contributed by atoms with E-state index in [0.717, 1.165) is 26.3 Å². The molecule has 0 saturated heterocycles. The van der Waals surface area contributed by atoms with E-state index in [0.29, 0.717) is 17.8 Å². The Hall–Kier alpha value is -3.36. The molecule has 2 N–H and O–H groups in total. The molecular weight excluding hydrogens is 466 g/mol. The van der Waals surface area contributed by atoms with Gasteiger partial charge in [-0.25, -0.2) is 9.36 Å². The molecular formula is C26H23N3O3S2. The fraction of sp³-hybridized carbons (Fsp3) is 0.192. The Morgan fingerprint density at radius 2 is 1.76 bits per heavy atom. The molecule has 1 aliphatic rings. The Morgan fingerprint density at radius 1 is 1.03 bits per heavy atom. The Balaban J connectivity index is 1.72. The average molecular weight is 490 g/mol. The van der Waals surface area contributed by atoms with Gasteiger partial charge in [0, 0.05) is 26.3 Å². The lowest BCUT2D eigenvalue weighted by atomic mass is 10.1. The van der Waals surface area contributed by atoms with Crippen LogP contribution in [0.15, 0.2) is 74.1 Å². The van der Waals surface area contributed by atoms with Crippen molar-refractivity contribution < 1.29 is 5.11 Å². The summed E-state index contributed by atoms with van der Waals surface area (Å²) in [6, 6.07) is 17.5. The van der Waals surface area contributed by atoms with E-state index in [1.165, 1.54) is 9.75 Å². The molecule has 1 atom stereocenters. The van der Waals surface area contributed by atoms with Crippen molar-refractivity contribution in [3.05, 3.63) is 102 Å². The minimum Gasteiger partial charge on any atom is -0.493 e. The van der Waals surface area contributed by atoms with Crippen molar-refractivity contribution in [1.29, 1.82) is 0 Å². The molecule has 0 saturated carbocycles. The molecule has 0 radical (unpaired) electrons. The summed E-state index contributed by atoms with van der Waals surface area (Å²) in [6.07, 6.45) is 0.432. The number of aryl methyl sites for hydroxylation is 3. The average Bonchev–Trinajstić information content (AvgIpc) is 3.10. The summed E-state index contributed by atoms with van der Waals surface area (Å²) in [5.41, 5.74) is 2.25. The van der Waals surface area contributed by atoms with Gasteiger partial charge in [0.05, 0.1) is 17.1 Å². The molecule has 4 aromatic rings. The van der Waals surface area contributed by atoms with E-state index in [1.54, 1.807) is 35.2 Å². The smallest absolute Gasteiger partial charge is 0.335 e. The number of thiophene rings is 1. The number of aromatic hydroxyl groups is 1. The molecule has 3 heterocycles. The van der Waals surface area contributed by atoms with Gasteiger partial charge in [-0.15, -0.1) is 23.1 Å². The van der Waals surface area contributed by atoms with Crippen molar-refractivity contribution in [2.75, 3.05) is 0 Å². The van der Waals surface area contributed by atoms with Crippen LogP contribution < -0.4 is 11.2 Å². The number of nitrogens with zero attached hydrogens (tertiary/aromatic N) is 2. The van der Waals surface area contributed by atoms with E-state index in [2.05, 4.69) is 24.0 Å². The van der Waals surface area contributed by atoms with Gasteiger partial charge in [0.25, 0.3) is 5.56 Å². The minimum absolute atomic E-state index is 0.0153. The third kappa shape index (κ3) is 4.15. The molecule has 5 rings (SSSR count). The summed E-state index contributed by atoms with van der Waals surface area (Å²) in [5, 5.41) is 11.3. The number of thioether (sulfide) groups is 1. The molecule has 172 valence electrons. The minimum atomic E-state index is -0.689. The molecule has 2 aromatic heterocycles. The molecule has 2 aromatic carbocycles. The third-order valence-corrected chi connectivity index (χ3v) is 8.25. The molecule has 0 bridgehead atoms. The first-order chi connectivity index (χ1) is 16.3. The Kier molecular flexibility index (Phi) is 5.79. The predicted molar refractivity (Wildman–Crippen MR) is 139 cm³/mol. The van der Waals surface area contributed by atoms with Crippen molar-refractivity contribution in [2.45, 2.75) is 37.3 Å². The van der Waals surface area contributed by atoms with Crippen LogP contribution in [0.5, 0.6) is 5.88 Å². The summed E-state index contributed by atoms with van der Waals surface area (Å²) in [7, 11) is 0. The molecule has 0 aliphatic carbocycles. The normalized spacial score (nSPS) is 15.5. The summed E-state index contributed by atoms with van der Waals surface area (Å²) in [6.45, 7) is 5.90. The zero-order valence-corrected chi connectivity index (χ0v) is 20.6. The van der Waals surface area contributed by atoms with E-state index < -0.39 is 17.1 Å². The molecule has 34 heavy (non-hydrogen) atoms. The number of benzene rings is 2. The van der Waals surface area contributed by atoms with Crippen LogP contribution in [-0.4, -0.2) is 20.4 Å². The number of para-hydroxylation sites is 1. The number of rotatable bonds is 3. The molecule has 0 fully saturated rings. The van der Waals surface area contributed by atoms with E-state index in [4.69, 9.17) is 4.99 Å². The standard InChI is InChI=1S/C26H23N3O3S2/c1-14-10-15(2)12-17(11-14)29-25(31)23(24(30)28-26(29)32)19-13-22(21-9-8-16(3)33-21)34-20-7-5-4-6-18(20)27-19/h4-12,22,31H,13H2,1-3H3,(H,28,30,32)/t22-/m1/s1. The van der Waals surface area contributed by atoms with Gasteiger partial charge < -0.3 is 5.11 Å². The SMILES string of the molecule is Cc1cc(C)cc(-n2c(O)c(C3=Nc4ccccc4S[C@@H](c4ccc(C)s4)C3)c(=O)[nH]c2=O)c1. The zero-order chi connectivity index (χ0) is 24.0. The van der Waals surface area contributed by atoms with Crippen LogP contribution in [0.3, 0.4) is 0 Å². The summed E-state index contributed by atoms with van der Waals surface area (Å²) < 4.78 is 1.15. The highest BCUT2D eigenvalue weighted by Gasteiger charge is 2.28. The highest BCUT2D eigenvalue weighted by Crippen LogP contribution is 2.47. The van der Waals surface area contributed by atoms with E-state index in [9.17, 15) is 14.7 Å². The van der Waals surface area contributed by atoms with Crippen molar-refractivity contribution in [3.8, 4) is 11.6 Å². The quantitative estimate of drug-likeness (QED) is 0.393. The number of aromatic nitrogens is 2. The lowest BCUT2D eigenvalue weighted by molar-refractivity contribution is 0.429. The predicted octanol–water partition coefficient (Wildman–Crippen LogP) is 5.58. The van der Waals surface area contributed by atoms with Crippen LogP contribution in [0.2, 0.25) is 0 Å². The van der Waals surface area contributed by atoms with Crippen LogP contribution in [0, 0.1) is 20.8 Å². The number of nitrogens with one attached hydrogen (secondary N) is 1. The van der Waals surface area contributed by atoms with Crippen molar-refractivity contribution in [1.82, 2.24) is 9.55 Å². The van der Waals surface area contributed by atoms with Gasteiger partial charge in [-0.2, -0.15) is 0 Å². The van der Waals surface area contributed by atoms with Crippen molar-refractivity contribution >= 4 is 34.5 Å². The van der Waals surface area contributed by atoms with E-state index >= 15 is 0 Å². The number of fused-ring (bicyclic) bond motifs is 1. The molecule has 0 amide bonds. The number of H-pyrrole nitrogens is 1. The molecule has 0 spiro atoms. The van der Waals surface area contributed by atoms with Gasteiger partial charge in [-0.05, 0) is 68.3 Å². The van der Waals surface area contributed by atoms with Crippen LogP contribution in [0.4, 0.5) is 5.69 Å². The molecule has 0 unspecified atom stereocenters. The number of hydrogen-bond acceptors (Lipinski definition) is 6. The number of hydrogen-bond donors (Lipinski definition) is 2. The lowest BCUT2D eigenvalue weighted by Crippen LogP contribution is -2.33. The summed E-state index contributed by atoms with van der Waals surface area (Å²) in [4.78, 5) is 36.4. The molecule has 1 aliphatic heterocycles. The molecule has 6 nitrogen and oxygen atoms in total. The van der Waals surface area contributed by atoms with Gasteiger partial charge in [0.1, 0.15) is 5.56 Å². The number of aliphatic imine (C=N–C) groups is 1. The van der Waals surface area contributed by atoms with Gasteiger partial charge in [-0.1, -0.05) is 18.2 Å². The third-order valence-electron chi connectivity index (χ3n) is 5.69. The largest absolute Gasteiger partial charge is 0.493 e. The number of aromatic amines is 1. The second kappa shape index (κ2) is 8.77. The Bertz CT molecular complexity index is 1540. The van der Waals surface area contributed by atoms with Gasteiger partial charge in [-0.3, -0.25) is 14.8 Å². The maximum atomic E-state index is 13.0. The summed E-state index contributed by atoms with van der Waals surface area (Å²) in [5.74, 6) is -0.400. The highest BCUT2D eigenvalue weighted by atomic mass is 32.2. The van der Waals surface area contributed by atoms with Crippen LogP contribution in [0.25, 0.3) is 5.69 Å². The Morgan fingerprint density at radius 3 is 2.47 bits per heavy atom. The van der Waals surface area contributed by atoms with Crippen molar-refractivity contribution in [3.63, 3.8) is 0 Å². The first-order valence-electron chi connectivity index (χ1n) is 10.9. The van der Waals surface area contributed by atoms with Crippen LogP contribution in [0.1, 0.15) is 38.1 Å². The summed E-state index contributed by atoms with van der Waals surface area (Å²) >= 11 is 3.41. The second-order valence-corrected chi connectivity index (χ2v) is 11.0. The van der Waals surface area contributed by atoms with Crippen LogP contribution >= 0.6 is 23.1 Å². The van der Waals surface area contributed by atoms with E-state index in [1.807, 2.05) is 44.2 Å². The molecule has 8 heteroatoms. The highest BCUT2D eigenvalue weighted by molar-refractivity contribution is 7.99.